The minimum atomic E-state index is -4.16. The van der Waals surface area contributed by atoms with Crippen molar-refractivity contribution in [2.75, 3.05) is 10.8 Å². The van der Waals surface area contributed by atoms with Crippen LogP contribution in [0.25, 0.3) is 0 Å². The summed E-state index contributed by atoms with van der Waals surface area (Å²) >= 11 is 9.78. The van der Waals surface area contributed by atoms with E-state index in [4.69, 9.17) is 11.6 Å². The fraction of sp³-hybridized carbons (Fsp3) is 0.278. The van der Waals surface area contributed by atoms with Crippen LogP contribution in [0.4, 0.5) is 5.69 Å². The van der Waals surface area contributed by atoms with Gasteiger partial charge < -0.3 is 10.2 Å². The summed E-state index contributed by atoms with van der Waals surface area (Å²) in [5, 5.41) is 3.72. The van der Waals surface area contributed by atoms with E-state index < -0.39 is 28.5 Å². The molecule has 0 radical (unpaired) electrons. The molecule has 1 saturated carbocycles. The van der Waals surface area contributed by atoms with Crippen LogP contribution in [0.15, 0.2) is 119 Å². The summed E-state index contributed by atoms with van der Waals surface area (Å²) < 4.78 is 30.0. The number of nitrogens with one attached hydrogen (secondary N) is 1. The fourth-order valence-corrected chi connectivity index (χ4v) is 7.84. The Labute approximate surface area is 284 Å². The Balaban J connectivity index is 1.56. The molecule has 0 aliphatic heterocycles. The van der Waals surface area contributed by atoms with Gasteiger partial charge in [-0.3, -0.25) is 13.9 Å². The molecule has 0 spiro atoms. The molecule has 0 bridgehead atoms. The second-order valence-electron chi connectivity index (χ2n) is 11.5. The van der Waals surface area contributed by atoms with Crippen LogP contribution in [0, 0.1) is 0 Å². The van der Waals surface area contributed by atoms with Crippen LogP contribution in [0.2, 0.25) is 5.02 Å². The molecule has 1 fully saturated rings. The van der Waals surface area contributed by atoms with Gasteiger partial charge in [0.2, 0.25) is 11.8 Å². The average Bonchev–Trinajstić information content (AvgIpc) is 3.06. The number of halogens is 2. The topological polar surface area (TPSA) is 86.8 Å². The second kappa shape index (κ2) is 15.8. The minimum absolute atomic E-state index is 0.0271. The monoisotopic (exact) mass is 721 g/mol. The first kappa shape index (κ1) is 33.7. The highest BCUT2D eigenvalue weighted by atomic mass is 79.9. The summed E-state index contributed by atoms with van der Waals surface area (Å²) in [4.78, 5) is 30.3. The first-order valence-electron chi connectivity index (χ1n) is 15.4. The predicted octanol–water partition coefficient (Wildman–Crippen LogP) is 7.39. The Kier molecular flexibility index (Phi) is 11.5. The molecule has 1 aliphatic carbocycles. The van der Waals surface area contributed by atoms with Gasteiger partial charge in [0.1, 0.15) is 12.6 Å². The number of benzene rings is 4. The zero-order chi connectivity index (χ0) is 32.5. The molecule has 7 nitrogen and oxygen atoms in total. The van der Waals surface area contributed by atoms with Crippen molar-refractivity contribution in [3.8, 4) is 0 Å². The van der Waals surface area contributed by atoms with Crippen LogP contribution in [0.3, 0.4) is 0 Å². The molecule has 46 heavy (non-hydrogen) atoms. The number of carbonyl (C=O) groups excluding carboxylic acids is 2. The SMILES string of the molecule is O=C(NC1CCCCC1)[C@H](Cc1ccccc1)N(Cc1cccc(Cl)c1)C(=O)CN(c1cccc(Br)c1)S(=O)(=O)c1ccccc1. The van der Waals surface area contributed by atoms with Gasteiger partial charge in [-0.15, -0.1) is 0 Å². The summed E-state index contributed by atoms with van der Waals surface area (Å²) in [6, 6.07) is 30.7. The fourth-order valence-electron chi connectivity index (χ4n) is 5.81. The van der Waals surface area contributed by atoms with Crippen LogP contribution in [-0.4, -0.2) is 43.8 Å². The van der Waals surface area contributed by atoms with Crippen LogP contribution < -0.4 is 9.62 Å². The Hall–Kier alpha value is -3.66. The third kappa shape index (κ3) is 8.78. The molecule has 10 heteroatoms. The van der Waals surface area contributed by atoms with Crippen molar-refractivity contribution in [2.24, 2.45) is 0 Å². The molecule has 1 N–H and O–H groups in total. The third-order valence-corrected chi connectivity index (χ3v) is 10.7. The van der Waals surface area contributed by atoms with Crippen molar-refractivity contribution >= 4 is 55.1 Å². The Morgan fingerprint density at radius 1 is 0.826 bits per heavy atom. The van der Waals surface area contributed by atoms with Gasteiger partial charge in [-0.2, -0.15) is 0 Å². The van der Waals surface area contributed by atoms with Gasteiger partial charge in [-0.25, -0.2) is 8.42 Å². The molecule has 1 aliphatic rings. The van der Waals surface area contributed by atoms with Crippen LogP contribution in [-0.2, 0) is 32.6 Å². The highest BCUT2D eigenvalue weighted by Gasteiger charge is 2.35. The van der Waals surface area contributed by atoms with Gasteiger partial charge >= 0.3 is 0 Å². The summed E-state index contributed by atoms with van der Waals surface area (Å²) in [6.07, 6.45) is 5.25. The quantitative estimate of drug-likeness (QED) is 0.165. The molecule has 0 heterocycles. The van der Waals surface area contributed by atoms with Gasteiger partial charge in [-0.1, -0.05) is 114 Å². The summed E-state index contributed by atoms with van der Waals surface area (Å²) in [7, 11) is -4.16. The molecule has 4 aromatic rings. The van der Waals surface area contributed by atoms with E-state index in [1.165, 1.54) is 17.0 Å². The predicted molar refractivity (Wildman–Crippen MR) is 186 cm³/mol. The zero-order valence-corrected chi connectivity index (χ0v) is 28.6. The molecule has 240 valence electrons. The van der Waals surface area contributed by atoms with E-state index in [1.807, 2.05) is 36.4 Å². The standard InChI is InChI=1S/C36H37BrClN3O4S/c37-29-15-11-19-32(24-29)41(46(44,45)33-20-8-3-9-21-33)26-35(42)40(25-28-14-10-16-30(38)22-28)34(23-27-12-4-1-5-13-27)36(43)39-31-17-6-2-7-18-31/h1,3-5,8-16,19-22,24,31,34H,2,6-7,17-18,23,25-26H2,(H,39,43)/t34-/m0/s1. The van der Waals surface area contributed by atoms with E-state index in [-0.39, 0.29) is 29.8 Å². The average molecular weight is 723 g/mol. The van der Waals surface area contributed by atoms with Crippen molar-refractivity contribution < 1.29 is 18.0 Å². The van der Waals surface area contributed by atoms with E-state index >= 15 is 0 Å². The molecule has 0 saturated heterocycles. The minimum Gasteiger partial charge on any atom is -0.352 e. The lowest BCUT2D eigenvalue weighted by atomic mass is 9.94. The maximum atomic E-state index is 14.6. The van der Waals surface area contributed by atoms with Gasteiger partial charge in [0, 0.05) is 28.5 Å². The first-order chi connectivity index (χ1) is 22.2. The lowest BCUT2D eigenvalue weighted by Crippen LogP contribution is -2.55. The molecular formula is C36H37BrClN3O4S. The van der Waals surface area contributed by atoms with Crippen molar-refractivity contribution in [3.63, 3.8) is 0 Å². The molecular weight excluding hydrogens is 686 g/mol. The normalized spacial score (nSPS) is 14.3. The third-order valence-electron chi connectivity index (χ3n) is 8.17. The Morgan fingerprint density at radius 2 is 1.48 bits per heavy atom. The van der Waals surface area contributed by atoms with Gasteiger partial charge in [0.15, 0.2) is 0 Å². The lowest BCUT2D eigenvalue weighted by molar-refractivity contribution is -0.140. The Morgan fingerprint density at radius 3 is 2.15 bits per heavy atom. The van der Waals surface area contributed by atoms with Crippen molar-refractivity contribution in [2.45, 2.75) is 62.0 Å². The van der Waals surface area contributed by atoms with E-state index in [0.717, 1.165) is 47.5 Å². The number of anilines is 1. The van der Waals surface area contributed by atoms with Gasteiger partial charge in [0.25, 0.3) is 10.0 Å². The molecule has 4 aromatic carbocycles. The number of rotatable bonds is 12. The zero-order valence-electron chi connectivity index (χ0n) is 25.4. The van der Waals surface area contributed by atoms with Gasteiger partial charge in [-0.05, 0) is 66.4 Å². The van der Waals surface area contributed by atoms with Gasteiger partial charge in [0.05, 0.1) is 10.6 Å². The van der Waals surface area contributed by atoms with Crippen molar-refractivity contribution in [1.29, 1.82) is 0 Å². The number of sulfonamides is 1. The van der Waals surface area contributed by atoms with Crippen molar-refractivity contribution in [1.82, 2.24) is 10.2 Å². The number of nitrogens with zero attached hydrogens (tertiary/aromatic N) is 2. The highest BCUT2D eigenvalue weighted by molar-refractivity contribution is 9.10. The summed E-state index contributed by atoms with van der Waals surface area (Å²) in [5.74, 6) is -0.773. The van der Waals surface area contributed by atoms with Crippen LogP contribution in [0.5, 0.6) is 0 Å². The van der Waals surface area contributed by atoms with Crippen LogP contribution >= 0.6 is 27.5 Å². The molecule has 1 atom stereocenters. The smallest absolute Gasteiger partial charge is 0.264 e. The van der Waals surface area contributed by atoms with E-state index in [9.17, 15) is 18.0 Å². The van der Waals surface area contributed by atoms with E-state index in [2.05, 4.69) is 21.2 Å². The Bertz CT molecular complexity index is 1730. The lowest BCUT2D eigenvalue weighted by Gasteiger charge is -2.35. The number of hydrogen-bond donors (Lipinski definition) is 1. The largest absolute Gasteiger partial charge is 0.352 e. The van der Waals surface area contributed by atoms with Crippen LogP contribution in [0.1, 0.15) is 43.2 Å². The van der Waals surface area contributed by atoms with Crippen molar-refractivity contribution in [3.05, 3.63) is 130 Å². The first-order valence-corrected chi connectivity index (χ1v) is 18.0. The number of carbonyl (C=O) groups is 2. The van der Waals surface area contributed by atoms with E-state index in [0.29, 0.717) is 15.2 Å². The maximum Gasteiger partial charge on any atom is 0.264 e. The molecule has 2 amide bonds. The highest BCUT2D eigenvalue weighted by Crippen LogP contribution is 2.28. The molecule has 0 unspecified atom stereocenters. The molecule has 0 aromatic heterocycles. The van der Waals surface area contributed by atoms with E-state index in [1.54, 1.807) is 60.7 Å². The summed E-state index contributed by atoms with van der Waals surface area (Å²) in [5.41, 5.74) is 1.93. The molecule has 5 rings (SSSR count). The number of amides is 2. The summed E-state index contributed by atoms with van der Waals surface area (Å²) in [6.45, 7) is -0.455. The maximum absolute atomic E-state index is 14.6. The number of hydrogen-bond acceptors (Lipinski definition) is 4. The second-order valence-corrected chi connectivity index (χ2v) is 14.7.